The monoisotopic (exact) mass is 288 g/mol. The van der Waals surface area contributed by atoms with Crippen LogP contribution in [0.5, 0.6) is 11.5 Å². The van der Waals surface area contributed by atoms with Gasteiger partial charge in [0.1, 0.15) is 17.3 Å². The van der Waals surface area contributed by atoms with Gasteiger partial charge in [0.15, 0.2) is 0 Å². The lowest BCUT2D eigenvalue weighted by atomic mass is 9.82. The Labute approximate surface area is 125 Å². The number of halogens is 1. The SMILES string of the molecule is CCC(C)(C)c1ccc(Oc2ccc(F)cc2CO)cc1. The fourth-order valence-electron chi connectivity index (χ4n) is 2.08. The number of aliphatic hydroxyl groups excluding tert-OH is 1. The first-order chi connectivity index (χ1) is 9.96. The number of benzene rings is 2. The van der Waals surface area contributed by atoms with Crippen LogP contribution in [0.4, 0.5) is 4.39 Å². The highest BCUT2D eigenvalue weighted by Gasteiger charge is 2.17. The van der Waals surface area contributed by atoms with E-state index >= 15 is 0 Å². The second-order valence-electron chi connectivity index (χ2n) is 5.77. The maximum absolute atomic E-state index is 13.1. The molecule has 2 nitrogen and oxygen atoms in total. The van der Waals surface area contributed by atoms with Gasteiger partial charge < -0.3 is 9.84 Å². The summed E-state index contributed by atoms with van der Waals surface area (Å²) in [5.74, 6) is 0.764. The van der Waals surface area contributed by atoms with Gasteiger partial charge in [0, 0.05) is 5.56 Å². The van der Waals surface area contributed by atoms with E-state index in [0.29, 0.717) is 17.1 Å². The second-order valence-corrected chi connectivity index (χ2v) is 5.77. The van der Waals surface area contributed by atoms with Gasteiger partial charge in [-0.1, -0.05) is 32.9 Å². The Balaban J connectivity index is 2.21. The molecular formula is C18H21FO2. The molecule has 112 valence electrons. The molecule has 0 spiro atoms. The predicted molar refractivity (Wildman–Crippen MR) is 82.2 cm³/mol. The van der Waals surface area contributed by atoms with E-state index in [4.69, 9.17) is 4.74 Å². The molecule has 21 heavy (non-hydrogen) atoms. The number of aliphatic hydroxyl groups is 1. The minimum Gasteiger partial charge on any atom is -0.457 e. The lowest BCUT2D eigenvalue weighted by molar-refractivity contribution is 0.276. The topological polar surface area (TPSA) is 29.5 Å². The summed E-state index contributed by atoms with van der Waals surface area (Å²) in [5.41, 5.74) is 1.82. The van der Waals surface area contributed by atoms with Crippen LogP contribution in [0, 0.1) is 5.82 Å². The van der Waals surface area contributed by atoms with Crippen molar-refractivity contribution < 1.29 is 14.2 Å². The van der Waals surface area contributed by atoms with Gasteiger partial charge in [0.25, 0.3) is 0 Å². The van der Waals surface area contributed by atoms with Crippen LogP contribution in [0.1, 0.15) is 38.3 Å². The molecule has 0 radical (unpaired) electrons. The first-order valence-electron chi connectivity index (χ1n) is 7.14. The molecule has 1 N–H and O–H groups in total. The third kappa shape index (κ3) is 3.61. The van der Waals surface area contributed by atoms with Gasteiger partial charge in [-0.15, -0.1) is 0 Å². The Kier molecular flexibility index (Phi) is 4.63. The second kappa shape index (κ2) is 6.27. The van der Waals surface area contributed by atoms with E-state index in [1.165, 1.54) is 23.8 Å². The summed E-state index contributed by atoms with van der Waals surface area (Å²) in [5, 5.41) is 9.26. The highest BCUT2D eigenvalue weighted by atomic mass is 19.1. The Morgan fingerprint density at radius 3 is 2.33 bits per heavy atom. The molecule has 0 atom stereocenters. The summed E-state index contributed by atoms with van der Waals surface area (Å²) in [6.07, 6.45) is 1.06. The third-order valence-electron chi connectivity index (χ3n) is 3.94. The van der Waals surface area contributed by atoms with E-state index < -0.39 is 0 Å². The molecule has 0 aliphatic heterocycles. The summed E-state index contributed by atoms with van der Waals surface area (Å²) < 4.78 is 18.9. The molecule has 2 rings (SSSR count). The molecule has 0 amide bonds. The van der Waals surface area contributed by atoms with Crippen molar-refractivity contribution in [3.63, 3.8) is 0 Å². The molecule has 0 aliphatic carbocycles. The van der Waals surface area contributed by atoms with Gasteiger partial charge in [0.2, 0.25) is 0 Å². The highest BCUT2D eigenvalue weighted by Crippen LogP contribution is 2.30. The smallest absolute Gasteiger partial charge is 0.133 e. The van der Waals surface area contributed by atoms with Gasteiger partial charge in [-0.25, -0.2) is 4.39 Å². The highest BCUT2D eigenvalue weighted by molar-refractivity contribution is 5.39. The summed E-state index contributed by atoms with van der Waals surface area (Å²) in [6.45, 7) is 6.31. The fourth-order valence-corrected chi connectivity index (χ4v) is 2.08. The molecular weight excluding hydrogens is 267 g/mol. The van der Waals surface area contributed by atoms with Crippen molar-refractivity contribution in [2.75, 3.05) is 0 Å². The molecule has 0 heterocycles. The van der Waals surface area contributed by atoms with E-state index in [2.05, 4.69) is 20.8 Å². The van der Waals surface area contributed by atoms with E-state index in [1.807, 2.05) is 24.3 Å². The molecule has 0 bridgehead atoms. The average Bonchev–Trinajstić information content (AvgIpc) is 2.49. The molecule has 0 saturated carbocycles. The van der Waals surface area contributed by atoms with Crippen LogP contribution in [0.3, 0.4) is 0 Å². The molecule has 0 unspecified atom stereocenters. The number of hydrogen-bond donors (Lipinski definition) is 1. The van der Waals surface area contributed by atoms with Crippen molar-refractivity contribution in [2.45, 2.75) is 39.2 Å². The molecule has 2 aromatic carbocycles. The standard InChI is InChI=1S/C18H21FO2/c1-4-18(2,3)14-5-8-16(9-6-14)21-17-10-7-15(19)11-13(17)12-20/h5-11,20H,4,12H2,1-3H3. The summed E-state index contributed by atoms with van der Waals surface area (Å²) in [6, 6.07) is 12.0. The molecule has 2 aromatic rings. The number of hydrogen-bond acceptors (Lipinski definition) is 2. The normalized spacial score (nSPS) is 11.5. The van der Waals surface area contributed by atoms with Crippen molar-refractivity contribution in [2.24, 2.45) is 0 Å². The van der Waals surface area contributed by atoms with Crippen LogP contribution in [-0.2, 0) is 12.0 Å². The van der Waals surface area contributed by atoms with E-state index in [0.717, 1.165) is 6.42 Å². The zero-order chi connectivity index (χ0) is 15.5. The third-order valence-corrected chi connectivity index (χ3v) is 3.94. The maximum atomic E-state index is 13.1. The van der Waals surface area contributed by atoms with Crippen LogP contribution in [0.2, 0.25) is 0 Å². The van der Waals surface area contributed by atoms with Crippen LogP contribution in [-0.4, -0.2) is 5.11 Å². The Hall–Kier alpha value is -1.87. The van der Waals surface area contributed by atoms with Crippen LogP contribution in [0.15, 0.2) is 42.5 Å². The zero-order valence-electron chi connectivity index (χ0n) is 12.7. The van der Waals surface area contributed by atoms with E-state index in [9.17, 15) is 9.50 Å². The molecule has 0 fully saturated rings. The summed E-state index contributed by atoms with van der Waals surface area (Å²) in [7, 11) is 0. The van der Waals surface area contributed by atoms with Crippen LogP contribution in [0.25, 0.3) is 0 Å². The molecule has 3 heteroatoms. The lowest BCUT2D eigenvalue weighted by Gasteiger charge is -2.23. The van der Waals surface area contributed by atoms with Crippen molar-refractivity contribution >= 4 is 0 Å². The summed E-state index contributed by atoms with van der Waals surface area (Å²) in [4.78, 5) is 0. The number of ether oxygens (including phenoxy) is 1. The Morgan fingerprint density at radius 2 is 1.76 bits per heavy atom. The van der Waals surface area contributed by atoms with Gasteiger partial charge in [-0.05, 0) is 47.7 Å². The maximum Gasteiger partial charge on any atom is 0.133 e. The Bertz CT molecular complexity index is 603. The van der Waals surface area contributed by atoms with E-state index in [1.54, 1.807) is 0 Å². The van der Waals surface area contributed by atoms with Gasteiger partial charge in [0.05, 0.1) is 6.61 Å². The number of rotatable bonds is 5. The molecule has 0 saturated heterocycles. The quantitative estimate of drug-likeness (QED) is 0.856. The Morgan fingerprint density at radius 1 is 1.10 bits per heavy atom. The van der Waals surface area contributed by atoms with Crippen molar-refractivity contribution in [1.29, 1.82) is 0 Å². The summed E-state index contributed by atoms with van der Waals surface area (Å²) >= 11 is 0. The zero-order valence-corrected chi connectivity index (χ0v) is 12.7. The largest absolute Gasteiger partial charge is 0.457 e. The minimum absolute atomic E-state index is 0.130. The average molecular weight is 288 g/mol. The first kappa shape index (κ1) is 15.5. The van der Waals surface area contributed by atoms with Gasteiger partial charge >= 0.3 is 0 Å². The van der Waals surface area contributed by atoms with Gasteiger partial charge in [-0.2, -0.15) is 0 Å². The predicted octanol–water partition coefficient (Wildman–Crippen LogP) is 4.80. The van der Waals surface area contributed by atoms with E-state index in [-0.39, 0.29) is 17.8 Å². The first-order valence-corrected chi connectivity index (χ1v) is 7.14. The minimum atomic E-state index is -0.383. The van der Waals surface area contributed by atoms with Gasteiger partial charge in [-0.3, -0.25) is 0 Å². The van der Waals surface area contributed by atoms with Crippen molar-refractivity contribution in [3.05, 3.63) is 59.4 Å². The molecule has 0 aromatic heterocycles. The van der Waals surface area contributed by atoms with Crippen molar-refractivity contribution in [1.82, 2.24) is 0 Å². The molecule has 0 aliphatic rings. The van der Waals surface area contributed by atoms with Crippen LogP contribution >= 0.6 is 0 Å². The lowest BCUT2D eigenvalue weighted by Crippen LogP contribution is -2.14. The van der Waals surface area contributed by atoms with Crippen molar-refractivity contribution in [3.8, 4) is 11.5 Å². The van der Waals surface area contributed by atoms with Crippen LogP contribution < -0.4 is 4.74 Å². The fraction of sp³-hybridized carbons (Fsp3) is 0.333.